The Bertz CT molecular complexity index is 1760. The standard InChI is InChI=1S/C26H20Cl3N3O5S2/c1-16-2-6-20(7-3-16)31-39(36,37)25-14-17(4-12-22(25)28)26(33)30-19-8-10-21(11-9-19)38(34,35)32-24-13-5-18(27)15-23(24)29/h2-15,31-32H,1H3,(H,30,33). The fourth-order valence-electron chi connectivity index (χ4n) is 3.38. The summed E-state index contributed by atoms with van der Waals surface area (Å²) >= 11 is 18.0. The smallest absolute Gasteiger partial charge is 0.263 e. The van der Waals surface area contributed by atoms with Crippen molar-refractivity contribution >= 4 is 77.8 Å². The zero-order chi connectivity index (χ0) is 28.4. The Hall–Kier alpha value is -3.28. The van der Waals surface area contributed by atoms with Gasteiger partial charge in [0, 0.05) is 22.0 Å². The zero-order valence-electron chi connectivity index (χ0n) is 20.1. The molecule has 0 saturated heterocycles. The lowest BCUT2D eigenvalue weighted by molar-refractivity contribution is 0.102. The maximum Gasteiger partial charge on any atom is 0.263 e. The molecule has 0 unspecified atom stereocenters. The lowest BCUT2D eigenvalue weighted by atomic mass is 10.2. The van der Waals surface area contributed by atoms with E-state index in [2.05, 4.69) is 14.8 Å². The van der Waals surface area contributed by atoms with E-state index in [0.717, 1.165) is 11.6 Å². The van der Waals surface area contributed by atoms with Crippen LogP contribution in [0.15, 0.2) is 94.7 Å². The van der Waals surface area contributed by atoms with Crippen molar-refractivity contribution in [3.63, 3.8) is 0 Å². The summed E-state index contributed by atoms with van der Waals surface area (Å²) < 4.78 is 56.2. The van der Waals surface area contributed by atoms with Gasteiger partial charge in [-0.05, 0) is 79.7 Å². The number of anilines is 3. The highest BCUT2D eigenvalue weighted by molar-refractivity contribution is 7.93. The molecule has 0 fully saturated rings. The normalized spacial score (nSPS) is 11.6. The molecule has 0 radical (unpaired) electrons. The Morgan fingerprint density at radius 3 is 1.95 bits per heavy atom. The van der Waals surface area contributed by atoms with Crippen LogP contribution in [0.5, 0.6) is 0 Å². The molecule has 4 rings (SSSR count). The lowest BCUT2D eigenvalue weighted by Gasteiger charge is -2.12. The molecule has 0 atom stereocenters. The molecule has 8 nitrogen and oxygen atoms in total. The van der Waals surface area contributed by atoms with Gasteiger partial charge in [-0.2, -0.15) is 0 Å². The van der Waals surface area contributed by atoms with Gasteiger partial charge < -0.3 is 5.32 Å². The maximum atomic E-state index is 12.9. The summed E-state index contributed by atoms with van der Waals surface area (Å²) in [5, 5.41) is 3.04. The van der Waals surface area contributed by atoms with Crippen LogP contribution < -0.4 is 14.8 Å². The van der Waals surface area contributed by atoms with E-state index >= 15 is 0 Å². The van der Waals surface area contributed by atoms with Crippen LogP contribution in [0.25, 0.3) is 0 Å². The van der Waals surface area contributed by atoms with Crippen molar-refractivity contribution < 1.29 is 21.6 Å². The third-order valence-electron chi connectivity index (χ3n) is 5.38. The molecule has 0 heterocycles. The number of benzene rings is 4. The summed E-state index contributed by atoms with van der Waals surface area (Å²) in [4.78, 5) is 12.5. The minimum Gasteiger partial charge on any atom is -0.322 e. The number of rotatable bonds is 8. The van der Waals surface area contributed by atoms with Crippen LogP contribution in [0.4, 0.5) is 17.1 Å². The molecular formula is C26H20Cl3N3O5S2. The Kier molecular flexibility index (Phi) is 8.43. The summed E-state index contributed by atoms with van der Waals surface area (Å²) in [5.41, 5.74) is 1.76. The first-order valence-corrected chi connectivity index (χ1v) is 15.2. The Balaban J connectivity index is 1.49. The molecule has 0 saturated carbocycles. The summed E-state index contributed by atoms with van der Waals surface area (Å²) in [7, 11) is -8.07. The van der Waals surface area contributed by atoms with Crippen LogP contribution >= 0.6 is 34.8 Å². The van der Waals surface area contributed by atoms with Crippen LogP contribution in [0.3, 0.4) is 0 Å². The first kappa shape index (κ1) is 28.7. The SMILES string of the molecule is Cc1ccc(NS(=O)(=O)c2cc(C(=O)Nc3ccc(S(=O)(=O)Nc4ccc(Cl)cc4Cl)cc3)ccc2Cl)cc1. The van der Waals surface area contributed by atoms with Gasteiger partial charge in [0.1, 0.15) is 4.90 Å². The number of aryl methyl sites for hydroxylation is 1. The molecular weight excluding hydrogens is 605 g/mol. The molecule has 0 bridgehead atoms. The molecule has 202 valence electrons. The minimum absolute atomic E-state index is 0.0272. The van der Waals surface area contributed by atoms with Crippen LogP contribution in [-0.2, 0) is 20.0 Å². The van der Waals surface area contributed by atoms with E-state index in [0.29, 0.717) is 10.7 Å². The Labute approximate surface area is 241 Å². The van der Waals surface area contributed by atoms with Crippen molar-refractivity contribution in [2.45, 2.75) is 16.7 Å². The highest BCUT2D eigenvalue weighted by Gasteiger charge is 2.21. The van der Waals surface area contributed by atoms with Gasteiger partial charge in [-0.3, -0.25) is 14.2 Å². The van der Waals surface area contributed by atoms with Gasteiger partial charge in [-0.15, -0.1) is 0 Å². The summed E-state index contributed by atoms with van der Waals surface area (Å²) in [6.07, 6.45) is 0. The van der Waals surface area contributed by atoms with Gasteiger partial charge >= 0.3 is 0 Å². The molecule has 0 aliphatic carbocycles. The third kappa shape index (κ3) is 7.03. The summed E-state index contributed by atoms with van der Waals surface area (Å²) in [6.45, 7) is 1.87. The molecule has 4 aromatic rings. The second-order valence-corrected chi connectivity index (χ2v) is 12.9. The molecule has 13 heteroatoms. The fraction of sp³-hybridized carbons (Fsp3) is 0.0385. The van der Waals surface area contributed by atoms with E-state index < -0.39 is 26.0 Å². The van der Waals surface area contributed by atoms with E-state index in [-0.39, 0.29) is 36.8 Å². The first-order chi connectivity index (χ1) is 18.3. The minimum atomic E-state index is -4.09. The van der Waals surface area contributed by atoms with E-state index in [9.17, 15) is 21.6 Å². The van der Waals surface area contributed by atoms with Gasteiger partial charge in [0.15, 0.2) is 0 Å². The van der Waals surface area contributed by atoms with Crippen LogP contribution in [0.2, 0.25) is 15.1 Å². The van der Waals surface area contributed by atoms with Crippen molar-refractivity contribution in [3.8, 4) is 0 Å². The van der Waals surface area contributed by atoms with Crippen LogP contribution in [0, 0.1) is 6.92 Å². The van der Waals surface area contributed by atoms with Gasteiger partial charge in [0.2, 0.25) is 0 Å². The van der Waals surface area contributed by atoms with Crippen molar-refractivity contribution in [2.75, 3.05) is 14.8 Å². The molecule has 4 aromatic carbocycles. The molecule has 0 aliphatic heterocycles. The molecule has 0 spiro atoms. The van der Waals surface area contributed by atoms with Crippen molar-refractivity contribution in [2.24, 2.45) is 0 Å². The highest BCUT2D eigenvalue weighted by Crippen LogP contribution is 2.29. The number of halogens is 3. The van der Waals surface area contributed by atoms with E-state index in [4.69, 9.17) is 34.8 Å². The number of nitrogens with one attached hydrogen (secondary N) is 3. The number of amides is 1. The molecule has 0 aromatic heterocycles. The predicted octanol–water partition coefficient (Wildman–Crippen LogP) is 6.81. The quantitative estimate of drug-likeness (QED) is 0.199. The van der Waals surface area contributed by atoms with Crippen LogP contribution in [-0.4, -0.2) is 22.7 Å². The zero-order valence-corrected chi connectivity index (χ0v) is 24.0. The molecule has 0 aliphatic rings. The maximum absolute atomic E-state index is 12.9. The van der Waals surface area contributed by atoms with Crippen molar-refractivity contribution in [3.05, 3.63) is 111 Å². The second-order valence-electron chi connectivity index (χ2n) is 8.32. The second kappa shape index (κ2) is 11.4. The Morgan fingerprint density at radius 2 is 1.31 bits per heavy atom. The van der Waals surface area contributed by atoms with Gasteiger partial charge in [0.05, 0.1) is 20.6 Å². The summed E-state index contributed by atoms with van der Waals surface area (Å²) in [5.74, 6) is -0.625. The molecule has 3 N–H and O–H groups in total. The largest absolute Gasteiger partial charge is 0.322 e. The number of hydrogen-bond acceptors (Lipinski definition) is 5. The highest BCUT2D eigenvalue weighted by atomic mass is 35.5. The van der Waals surface area contributed by atoms with Gasteiger partial charge in [0.25, 0.3) is 26.0 Å². The van der Waals surface area contributed by atoms with Gasteiger partial charge in [-0.25, -0.2) is 16.8 Å². The number of carbonyl (C=O) groups excluding carboxylic acids is 1. The molecule has 39 heavy (non-hydrogen) atoms. The average Bonchev–Trinajstić information content (AvgIpc) is 2.87. The van der Waals surface area contributed by atoms with Gasteiger partial charge in [-0.1, -0.05) is 52.5 Å². The van der Waals surface area contributed by atoms with Crippen molar-refractivity contribution in [1.82, 2.24) is 0 Å². The number of sulfonamides is 2. The van der Waals surface area contributed by atoms with Crippen LogP contribution in [0.1, 0.15) is 15.9 Å². The fourth-order valence-corrected chi connectivity index (χ4v) is 6.56. The number of hydrogen-bond donors (Lipinski definition) is 3. The topological polar surface area (TPSA) is 121 Å². The predicted molar refractivity (Wildman–Crippen MR) is 155 cm³/mol. The average molecular weight is 625 g/mol. The van der Waals surface area contributed by atoms with E-state index in [1.165, 1.54) is 54.6 Å². The monoisotopic (exact) mass is 623 g/mol. The Morgan fingerprint density at radius 1 is 0.667 bits per heavy atom. The first-order valence-electron chi connectivity index (χ1n) is 11.1. The molecule has 1 amide bonds. The summed E-state index contributed by atoms with van der Waals surface area (Å²) in [6, 6.07) is 20.3. The van der Waals surface area contributed by atoms with E-state index in [1.807, 2.05) is 6.92 Å². The number of carbonyl (C=O) groups is 1. The third-order valence-corrected chi connectivity index (χ3v) is 9.18. The lowest BCUT2D eigenvalue weighted by Crippen LogP contribution is -2.17. The van der Waals surface area contributed by atoms with Crippen molar-refractivity contribution in [1.29, 1.82) is 0 Å². The van der Waals surface area contributed by atoms with E-state index in [1.54, 1.807) is 24.3 Å².